The van der Waals surface area contributed by atoms with Crippen molar-refractivity contribution in [3.8, 4) is 11.5 Å². The number of carbonyl (C=O) groups excluding carboxylic acids is 1. The standard InChI is InChI=1S/C23H24N6O3/c1-12(29-31-3)14-6-7-19-18(8-14)27-23(32-19)17-11-26-21(24-2)16-10-25-20(9-15(16)17)28-22(30)13-4-5-13/h6-13,29H,4-5H2,1-3H3,(H,24,26)(H,25,28,30). The number of fused-ring (bicyclic) bond motifs is 2. The number of nitrogens with zero attached hydrogens (tertiary/aromatic N) is 3. The maximum atomic E-state index is 12.2. The molecule has 1 aliphatic carbocycles. The SMILES string of the molecule is CNc1ncc(-c2nc3cc(C(C)NOC)ccc3o2)c2cc(NC(=O)C3CC3)ncc12. The van der Waals surface area contributed by atoms with E-state index < -0.39 is 0 Å². The van der Waals surface area contributed by atoms with Gasteiger partial charge >= 0.3 is 0 Å². The molecule has 3 heterocycles. The normalized spacial score (nSPS) is 14.6. The van der Waals surface area contributed by atoms with Crippen LogP contribution in [0.25, 0.3) is 33.3 Å². The molecule has 0 spiro atoms. The molecule has 5 rings (SSSR count). The zero-order valence-corrected chi connectivity index (χ0v) is 18.1. The molecule has 0 radical (unpaired) electrons. The smallest absolute Gasteiger partial charge is 0.229 e. The Morgan fingerprint density at radius 3 is 2.78 bits per heavy atom. The van der Waals surface area contributed by atoms with E-state index in [1.54, 1.807) is 26.6 Å². The van der Waals surface area contributed by atoms with Crippen molar-refractivity contribution in [1.29, 1.82) is 0 Å². The first-order valence-electron chi connectivity index (χ1n) is 10.5. The molecular formula is C23H24N6O3. The Balaban J connectivity index is 1.58. The van der Waals surface area contributed by atoms with Crippen LogP contribution in [0.2, 0.25) is 0 Å². The summed E-state index contributed by atoms with van der Waals surface area (Å²) in [7, 11) is 3.40. The third kappa shape index (κ3) is 3.76. The van der Waals surface area contributed by atoms with E-state index in [4.69, 9.17) is 14.2 Å². The molecule has 1 fully saturated rings. The number of aromatic nitrogens is 3. The van der Waals surface area contributed by atoms with Crippen LogP contribution < -0.4 is 16.1 Å². The van der Waals surface area contributed by atoms with Crippen LogP contribution in [0.3, 0.4) is 0 Å². The maximum Gasteiger partial charge on any atom is 0.229 e. The minimum absolute atomic E-state index is 0.00525. The topological polar surface area (TPSA) is 114 Å². The minimum atomic E-state index is 0.00525. The summed E-state index contributed by atoms with van der Waals surface area (Å²) in [6, 6.07) is 7.70. The van der Waals surface area contributed by atoms with Crippen LogP contribution >= 0.6 is 0 Å². The van der Waals surface area contributed by atoms with Crippen molar-refractivity contribution in [3.63, 3.8) is 0 Å². The first-order chi connectivity index (χ1) is 15.6. The number of pyridine rings is 2. The molecule has 1 aliphatic rings. The second-order valence-electron chi connectivity index (χ2n) is 7.94. The largest absolute Gasteiger partial charge is 0.436 e. The van der Waals surface area contributed by atoms with Crippen molar-refractivity contribution in [2.75, 3.05) is 24.8 Å². The monoisotopic (exact) mass is 432 g/mol. The molecule has 164 valence electrons. The van der Waals surface area contributed by atoms with Crippen molar-refractivity contribution in [2.45, 2.75) is 25.8 Å². The number of hydroxylamine groups is 1. The van der Waals surface area contributed by atoms with E-state index in [0.29, 0.717) is 23.1 Å². The lowest BCUT2D eigenvalue weighted by molar-refractivity contribution is -0.117. The Morgan fingerprint density at radius 2 is 2.03 bits per heavy atom. The molecule has 9 nitrogen and oxygen atoms in total. The summed E-state index contributed by atoms with van der Waals surface area (Å²) in [5, 5.41) is 7.65. The molecule has 1 unspecified atom stereocenters. The van der Waals surface area contributed by atoms with Gasteiger partial charge in [-0.1, -0.05) is 6.07 Å². The van der Waals surface area contributed by atoms with E-state index in [9.17, 15) is 4.79 Å². The van der Waals surface area contributed by atoms with E-state index in [2.05, 4.69) is 26.1 Å². The van der Waals surface area contributed by atoms with Gasteiger partial charge in [-0.15, -0.1) is 0 Å². The molecule has 0 bridgehead atoms. The summed E-state index contributed by atoms with van der Waals surface area (Å²) in [6.07, 6.45) is 5.30. The fourth-order valence-electron chi connectivity index (χ4n) is 3.72. The third-order valence-corrected chi connectivity index (χ3v) is 5.64. The summed E-state index contributed by atoms with van der Waals surface area (Å²) in [4.78, 5) is 30.9. The second-order valence-corrected chi connectivity index (χ2v) is 7.94. The van der Waals surface area contributed by atoms with Gasteiger partial charge in [-0.3, -0.25) is 4.79 Å². The van der Waals surface area contributed by atoms with Gasteiger partial charge in [0.05, 0.1) is 18.7 Å². The second kappa shape index (κ2) is 8.18. The molecular weight excluding hydrogens is 408 g/mol. The highest BCUT2D eigenvalue weighted by Gasteiger charge is 2.30. The van der Waals surface area contributed by atoms with Crippen molar-refractivity contribution in [2.24, 2.45) is 5.92 Å². The average Bonchev–Trinajstić information content (AvgIpc) is 3.57. The number of anilines is 2. The highest BCUT2D eigenvalue weighted by molar-refractivity contribution is 6.03. The molecule has 0 saturated heterocycles. The molecule has 3 N–H and O–H groups in total. The molecule has 4 aromatic rings. The number of rotatable bonds is 7. The quantitative estimate of drug-likeness (QED) is 0.375. The molecule has 3 aromatic heterocycles. The number of amides is 1. The van der Waals surface area contributed by atoms with E-state index in [0.717, 1.165) is 40.3 Å². The maximum absolute atomic E-state index is 12.2. The van der Waals surface area contributed by atoms with Crippen LogP contribution in [-0.4, -0.2) is 35.0 Å². The Labute approximate surface area is 184 Å². The number of hydrogen-bond acceptors (Lipinski definition) is 8. The van der Waals surface area contributed by atoms with Crippen molar-refractivity contribution >= 4 is 39.4 Å². The Kier molecular flexibility index (Phi) is 5.20. The molecule has 1 amide bonds. The zero-order chi connectivity index (χ0) is 22.2. The predicted molar refractivity (Wildman–Crippen MR) is 122 cm³/mol. The lowest BCUT2D eigenvalue weighted by atomic mass is 10.1. The van der Waals surface area contributed by atoms with Gasteiger partial charge in [0, 0.05) is 36.1 Å². The first kappa shape index (κ1) is 20.3. The van der Waals surface area contributed by atoms with Crippen molar-refractivity contribution in [3.05, 3.63) is 42.2 Å². The Bertz CT molecular complexity index is 1310. The molecule has 1 saturated carbocycles. The summed E-state index contributed by atoms with van der Waals surface area (Å²) in [5.41, 5.74) is 6.09. The van der Waals surface area contributed by atoms with Crippen LogP contribution in [0, 0.1) is 5.92 Å². The van der Waals surface area contributed by atoms with Gasteiger partial charge in [-0.05, 0) is 43.5 Å². The Morgan fingerprint density at radius 1 is 1.19 bits per heavy atom. The van der Waals surface area contributed by atoms with E-state index >= 15 is 0 Å². The average molecular weight is 432 g/mol. The highest BCUT2D eigenvalue weighted by atomic mass is 16.6. The van der Waals surface area contributed by atoms with Crippen LogP contribution in [0.5, 0.6) is 0 Å². The van der Waals surface area contributed by atoms with Gasteiger partial charge in [0.15, 0.2) is 5.58 Å². The lowest BCUT2D eigenvalue weighted by Crippen LogP contribution is -2.16. The van der Waals surface area contributed by atoms with Crippen LogP contribution in [-0.2, 0) is 9.63 Å². The number of nitrogens with one attached hydrogen (secondary N) is 3. The number of hydrogen-bond donors (Lipinski definition) is 3. The highest BCUT2D eigenvalue weighted by Crippen LogP contribution is 2.35. The summed E-state index contributed by atoms with van der Waals surface area (Å²) < 4.78 is 6.07. The molecule has 32 heavy (non-hydrogen) atoms. The molecule has 0 aliphatic heterocycles. The van der Waals surface area contributed by atoms with Gasteiger partial charge in [-0.25, -0.2) is 15.0 Å². The van der Waals surface area contributed by atoms with Crippen molar-refractivity contribution < 1.29 is 14.0 Å². The van der Waals surface area contributed by atoms with Crippen molar-refractivity contribution in [1.82, 2.24) is 20.4 Å². The van der Waals surface area contributed by atoms with E-state index in [-0.39, 0.29) is 17.9 Å². The predicted octanol–water partition coefficient (Wildman–Crippen LogP) is 4.04. The Hall–Kier alpha value is -3.56. The fourth-order valence-corrected chi connectivity index (χ4v) is 3.72. The van der Waals surface area contributed by atoms with E-state index in [1.807, 2.05) is 31.2 Å². The zero-order valence-electron chi connectivity index (χ0n) is 18.1. The lowest BCUT2D eigenvalue weighted by Gasteiger charge is -2.11. The molecule has 9 heteroatoms. The first-order valence-corrected chi connectivity index (χ1v) is 10.5. The summed E-state index contributed by atoms with van der Waals surface area (Å²) >= 11 is 0. The van der Waals surface area contributed by atoms with Gasteiger partial charge < -0.3 is 19.9 Å². The van der Waals surface area contributed by atoms with Gasteiger partial charge in [0.1, 0.15) is 17.2 Å². The van der Waals surface area contributed by atoms with E-state index in [1.165, 1.54) is 0 Å². The summed E-state index contributed by atoms with van der Waals surface area (Å²) in [6.45, 7) is 2.00. The van der Waals surface area contributed by atoms with Crippen LogP contribution in [0.1, 0.15) is 31.4 Å². The summed E-state index contributed by atoms with van der Waals surface area (Å²) in [5.74, 6) is 1.75. The van der Waals surface area contributed by atoms with Crippen LogP contribution in [0.15, 0.2) is 41.1 Å². The molecule has 1 aromatic carbocycles. The van der Waals surface area contributed by atoms with Gasteiger partial charge in [0.2, 0.25) is 11.8 Å². The third-order valence-electron chi connectivity index (χ3n) is 5.64. The fraction of sp³-hybridized carbons (Fsp3) is 0.304. The van der Waals surface area contributed by atoms with Gasteiger partial charge in [-0.2, -0.15) is 5.48 Å². The van der Waals surface area contributed by atoms with Gasteiger partial charge in [0.25, 0.3) is 0 Å². The number of carbonyl (C=O) groups is 1. The molecule has 1 atom stereocenters. The number of benzene rings is 1. The minimum Gasteiger partial charge on any atom is -0.436 e. The van der Waals surface area contributed by atoms with Crippen LogP contribution in [0.4, 0.5) is 11.6 Å². The number of oxazole rings is 1.